The Hall–Kier alpha value is -1.92. The molecule has 1 aromatic carbocycles. The number of benzene rings is 1. The van der Waals surface area contributed by atoms with Gasteiger partial charge in [0.25, 0.3) is 0 Å². The van der Waals surface area contributed by atoms with Crippen molar-refractivity contribution in [3.63, 3.8) is 0 Å². The highest BCUT2D eigenvalue weighted by Crippen LogP contribution is 2.31. The smallest absolute Gasteiger partial charge is 0.0249 e. The van der Waals surface area contributed by atoms with Gasteiger partial charge in [-0.05, 0) is 67.9 Å². The molecule has 0 aromatic heterocycles. The van der Waals surface area contributed by atoms with Crippen LogP contribution in [0.15, 0.2) is 36.4 Å². The van der Waals surface area contributed by atoms with Crippen LogP contribution in [0.4, 0.5) is 0 Å². The van der Waals surface area contributed by atoms with Gasteiger partial charge in [0, 0.05) is 11.5 Å². The van der Waals surface area contributed by atoms with Gasteiger partial charge in [-0.15, -0.1) is 0 Å². The monoisotopic (exact) mass is 318 g/mol. The predicted molar refractivity (Wildman–Crippen MR) is 105 cm³/mol. The summed E-state index contributed by atoms with van der Waals surface area (Å²) in [5.41, 5.74) is 2.42. The lowest BCUT2D eigenvalue weighted by molar-refractivity contribution is 0.296. The van der Waals surface area contributed by atoms with Crippen LogP contribution in [-0.2, 0) is 6.42 Å². The van der Waals surface area contributed by atoms with Crippen molar-refractivity contribution >= 4 is 0 Å². The zero-order valence-electron chi connectivity index (χ0n) is 15.3. The summed E-state index contributed by atoms with van der Waals surface area (Å²) < 4.78 is 0. The second-order valence-corrected chi connectivity index (χ2v) is 6.80. The zero-order valence-corrected chi connectivity index (χ0v) is 15.3. The molecule has 0 amide bonds. The first kappa shape index (κ1) is 18.4. The van der Waals surface area contributed by atoms with Crippen molar-refractivity contribution in [1.29, 1.82) is 0 Å². The maximum absolute atomic E-state index is 3.41. The second kappa shape index (κ2) is 10.8. The lowest BCUT2D eigenvalue weighted by Gasteiger charge is -2.25. The van der Waals surface area contributed by atoms with Gasteiger partial charge in [0.05, 0.1) is 0 Å². The van der Waals surface area contributed by atoms with Gasteiger partial charge in [-0.1, -0.05) is 68.9 Å². The van der Waals surface area contributed by atoms with Gasteiger partial charge in [-0.25, -0.2) is 0 Å². The van der Waals surface area contributed by atoms with Crippen LogP contribution in [-0.4, -0.2) is 0 Å². The lowest BCUT2D eigenvalue weighted by atomic mass is 9.80. The molecule has 0 aliphatic heterocycles. The molecule has 1 aliphatic rings. The SMILES string of the molecule is CCCCC1CCC(C#CC=CC#Cc2ccc(CC)cc2)CC1. The number of hydrogen-bond donors (Lipinski definition) is 0. The van der Waals surface area contributed by atoms with Gasteiger partial charge in [0.1, 0.15) is 0 Å². The first-order valence-corrected chi connectivity index (χ1v) is 9.58. The quantitative estimate of drug-likeness (QED) is 0.583. The van der Waals surface area contributed by atoms with Gasteiger partial charge >= 0.3 is 0 Å². The number of rotatable bonds is 4. The van der Waals surface area contributed by atoms with E-state index in [2.05, 4.69) is 61.8 Å². The highest BCUT2D eigenvalue weighted by atomic mass is 14.2. The minimum Gasteiger partial charge on any atom is -0.0951 e. The van der Waals surface area contributed by atoms with Crippen LogP contribution in [0.5, 0.6) is 0 Å². The summed E-state index contributed by atoms with van der Waals surface area (Å²) in [7, 11) is 0. The normalized spacial score (nSPS) is 20.1. The Morgan fingerprint density at radius 3 is 2.33 bits per heavy atom. The minimum absolute atomic E-state index is 0.599. The zero-order chi connectivity index (χ0) is 17.0. The molecule has 24 heavy (non-hydrogen) atoms. The Labute approximate surface area is 148 Å². The van der Waals surface area contributed by atoms with Crippen molar-refractivity contribution in [3.8, 4) is 23.7 Å². The second-order valence-electron chi connectivity index (χ2n) is 6.80. The van der Waals surface area contributed by atoms with E-state index in [1.807, 2.05) is 12.2 Å². The van der Waals surface area contributed by atoms with E-state index < -0.39 is 0 Å². The molecule has 1 fully saturated rings. The third-order valence-electron chi connectivity index (χ3n) is 4.93. The molecule has 1 aromatic rings. The van der Waals surface area contributed by atoms with Gasteiger partial charge in [-0.3, -0.25) is 0 Å². The molecule has 0 bridgehead atoms. The molecule has 0 unspecified atom stereocenters. The number of hydrogen-bond acceptors (Lipinski definition) is 0. The highest BCUT2D eigenvalue weighted by Gasteiger charge is 2.18. The molecule has 0 saturated heterocycles. The summed E-state index contributed by atoms with van der Waals surface area (Å²) >= 11 is 0. The molecular weight excluding hydrogens is 288 g/mol. The van der Waals surface area contributed by atoms with Crippen molar-refractivity contribution in [3.05, 3.63) is 47.5 Å². The van der Waals surface area contributed by atoms with Crippen molar-refractivity contribution in [2.45, 2.75) is 65.2 Å². The van der Waals surface area contributed by atoms with E-state index in [-0.39, 0.29) is 0 Å². The van der Waals surface area contributed by atoms with E-state index in [1.165, 1.54) is 50.5 Å². The fraction of sp³-hybridized carbons (Fsp3) is 0.500. The standard InChI is InChI=1S/C24H30/c1-3-5-10-22-17-19-24(20-18-22)12-9-7-6-8-11-23-15-13-21(4-2)14-16-23/h6-7,13-16,22,24H,3-5,10,17-20H2,1-2H3. The Bertz CT molecular complexity index is 617. The van der Waals surface area contributed by atoms with E-state index in [0.29, 0.717) is 5.92 Å². The van der Waals surface area contributed by atoms with Crippen LogP contribution in [0, 0.1) is 35.5 Å². The molecule has 1 saturated carbocycles. The fourth-order valence-corrected chi connectivity index (χ4v) is 3.29. The summed E-state index contributed by atoms with van der Waals surface area (Å²) in [5, 5.41) is 0. The van der Waals surface area contributed by atoms with Crippen LogP contribution in [0.3, 0.4) is 0 Å². The average Bonchev–Trinajstić information content (AvgIpc) is 2.64. The van der Waals surface area contributed by atoms with Gasteiger partial charge < -0.3 is 0 Å². The molecule has 0 radical (unpaired) electrons. The van der Waals surface area contributed by atoms with Crippen LogP contribution < -0.4 is 0 Å². The molecule has 0 nitrogen and oxygen atoms in total. The van der Waals surface area contributed by atoms with Crippen molar-refractivity contribution in [1.82, 2.24) is 0 Å². The van der Waals surface area contributed by atoms with E-state index in [1.54, 1.807) is 0 Å². The third-order valence-corrected chi connectivity index (χ3v) is 4.93. The van der Waals surface area contributed by atoms with Crippen LogP contribution in [0.1, 0.15) is 69.9 Å². The summed E-state index contributed by atoms with van der Waals surface area (Å²) in [6.07, 6.45) is 14.3. The fourth-order valence-electron chi connectivity index (χ4n) is 3.29. The van der Waals surface area contributed by atoms with Crippen molar-refractivity contribution < 1.29 is 0 Å². The number of unbranched alkanes of at least 4 members (excludes halogenated alkanes) is 1. The molecule has 0 atom stereocenters. The Morgan fingerprint density at radius 1 is 0.958 bits per heavy atom. The van der Waals surface area contributed by atoms with Crippen LogP contribution in [0.25, 0.3) is 0 Å². The largest absolute Gasteiger partial charge is 0.0951 e. The van der Waals surface area contributed by atoms with E-state index in [4.69, 9.17) is 0 Å². The summed E-state index contributed by atoms with van der Waals surface area (Å²) in [6, 6.07) is 8.46. The van der Waals surface area contributed by atoms with Gasteiger partial charge in [0.15, 0.2) is 0 Å². The van der Waals surface area contributed by atoms with Crippen LogP contribution >= 0.6 is 0 Å². The molecule has 2 rings (SSSR count). The van der Waals surface area contributed by atoms with E-state index in [0.717, 1.165) is 17.9 Å². The van der Waals surface area contributed by atoms with E-state index >= 15 is 0 Å². The lowest BCUT2D eigenvalue weighted by Crippen LogP contribution is -2.13. The molecular formula is C24H30. The Balaban J connectivity index is 1.73. The molecule has 0 spiro atoms. The number of allylic oxidation sites excluding steroid dienone is 2. The van der Waals surface area contributed by atoms with Crippen molar-refractivity contribution in [2.75, 3.05) is 0 Å². The summed E-state index contributed by atoms with van der Waals surface area (Å²) in [4.78, 5) is 0. The number of aryl methyl sites for hydroxylation is 1. The third kappa shape index (κ3) is 6.68. The van der Waals surface area contributed by atoms with E-state index in [9.17, 15) is 0 Å². The summed E-state index contributed by atoms with van der Waals surface area (Å²) in [6.45, 7) is 4.45. The molecule has 1 aliphatic carbocycles. The average molecular weight is 319 g/mol. The predicted octanol–water partition coefficient (Wildman–Crippen LogP) is 6.16. The minimum atomic E-state index is 0.599. The maximum Gasteiger partial charge on any atom is 0.0249 e. The Kier molecular flexibility index (Phi) is 8.27. The maximum atomic E-state index is 3.41. The molecule has 0 N–H and O–H groups in total. The van der Waals surface area contributed by atoms with Gasteiger partial charge in [-0.2, -0.15) is 0 Å². The first-order valence-electron chi connectivity index (χ1n) is 9.58. The molecule has 126 valence electrons. The van der Waals surface area contributed by atoms with Crippen molar-refractivity contribution in [2.24, 2.45) is 11.8 Å². The van der Waals surface area contributed by atoms with Gasteiger partial charge in [0.2, 0.25) is 0 Å². The Morgan fingerprint density at radius 2 is 1.67 bits per heavy atom. The van der Waals surface area contributed by atoms with Crippen LogP contribution in [0.2, 0.25) is 0 Å². The first-order chi connectivity index (χ1) is 11.8. The molecule has 0 heterocycles. The molecule has 0 heteroatoms. The summed E-state index contributed by atoms with van der Waals surface area (Å²) in [5.74, 6) is 14.4. The highest BCUT2D eigenvalue weighted by molar-refractivity contribution is 5.39. The topological polar surface area (TPSA) is 0 Å².